The lowest BCUT2D eigenvalue weighted by atomic mass is 10.2. The first-order chi connectivity index (χ1) is 6.70. The number of aromatic nitrogens is 1. The van der Waals surface area contributed by atoms with Gasteiger partial charge in [-0.3, -0.25) is 0 Å². The molecule has 1 nitrogen and oxygen atoms in total. The molecule has 3 heteroatoms. The molecule has 0 spiro atoms. The molecule has 0 saturated heterocycles. The second-order valence-electron chi connectivity index (χ2n) is 3.52. The fourth-order valence-electron chi connectivity index (χ4n) is 1.54. The summed E-state index contributed by atoms with van der Waals surface area (Å²) in [6.45, 7) is 6.47. The molecule has 0 bridgehead atoms. The van der Waals surface area contributed by atoms with Crippen LogP contribution in [0.15, 0.2) is 29.8 Å². The van der Waals surface area contributed by atoms with Crippen LogP contribution in [0.25, 0.3) is 5.69 Å². The summed E-state index contributed by atoms with van der Waals surface area (Å²) >= 11 is 1.80. The smallest absolute Gasteiger partial charge is 0.231 e. The van der Waals surface area contributed by atoms with Gasteiger partial charge in [0.15, 0.2) is 5.69 Å². The third-order valence-corrected chi connectivity index (χ3v) is 3.55. The van der Waals surface area contributed by atoms with E-state index in [2.05, 4.69) is 55.1 Å². The van der Waals surface area contributed by atoms with Crippen LogP contribution < -0.4 is 17.0 Å². The molecule has 1 heterocycles. The molecular weight excluding hydrogens is 226 g/mol. The largest absolute Gasteiger partial charge is 1.00 e. The van der Waals surface area contributed by atoms with Crippen molar-refractivity contribution in [2.75, 3.05) is 0 Å². The van der Waals surface area contributed by atoms with Crippen LogP contribution in [0, 0.1) is 20.8 Å². The number of aryl methyl sites for hydroxylation is 2. The fraction of sp³-hybridized carbons (Fsp3) is 0.250. The van der Waals surface area contributed by atoms with Crippen LogP contribution in [-0.4, -0.2) is 0 Å². The second-order valence-corrected chi connectivity index (χ2v) is 4.58. The van der Waals surface area contributed by atoms with E-state index >= 15 is 0 Å². The normalized spacial score (nSPS) is 9.80. The van der Waals surface area contributed by atoms with Gasteiger partial charge in [0, 0.05) is 18.6 Å². The highest BCUT2D eigenvalue weighted by molar-refractivity contribution is 7.09. The number of hydrogen-bond acceptors (Lipinski definition) is 1. The zero-order chi connectivity index (χ0) is 10.1. The number of benzene rings is 1. The van der Waals surface area contributed by atoms with Gasteiger partial charge in [0.25, 0.3) is 0 Å². The number of para-hydroxylation sites is 1. The molecule has 1 aromatic heterocycles. The summed E-state index contributed by atoms with van der Waals surface area (Å²) in [7, 11) is 0. The van der Waals surface area contributed by atoms with Gasteiger partial charge in [0.2, 0.25) is 11.2 Å². The predicted molar refractivity (Wildman–Crippen MR) is 60.1 cm³/mol. The van der Waals surface area contributed by atoms with Gasteiger partial charge < -0.3 is 12.4 Å². The molecule has 0 atom stereocenters. The van der Waals surface area contributed by atoms with E-state index in [0.29, 0.717) is 0 Å². The van der Waals surface area contributed by atoms with Crippen LogP contribution in [-0.2, 0) is 0 Å². The highest BCUT2D eigenvalue weighted by Crippen LogP contribution is 2.13. The van der Waals surface area contributed by atoms with E-state index in [9.17, 15) is 0 Å². The van der Waals surface area contributed by atoms with Crippen molar-refractivity contribution in [3.8, 4) is 5.69 Å². The maximum Gasteiger partial charge on any atom is 0.231 e. The molecule has 0 amide bonds. The minimum Gasteiger partial charge on any atom is -1.00 e. The lowest BCUT2D eigenvalue weighted by molar-refractivity contribution is -0.597. The van der Waals surface area contributed by atoms with Crippen molar-refractivity contribution in [3.05, 3.63) is 45.9 Å². The standard InChI is InChI=1S/C12H14NS.ClH/c1-9-6-4-5-7-12(9)13-8-14-11(3)10(13)2;/h4-8H,1-3H3;1H/q+1;/p-1. The summed E-state index contributed by atoms with van der Waals surface area (Å²) in [6, 6.07) is 8.47. The molecule has 15 heavy (non-hydrogen) atoms. The first kappa shape index (κ1) is 12.2. The molecule has 0 N–H and O–H groups in total. The maximum absolute atomic E-state index is 2.26. The molecule has 0 aliphatic rings. The van der Waals surface area contributed by atoms with Crippen molar-refractivity contribution in [1.82, 2.24) is 0 Å². The lowest BCUT2D eigenvalue weighted by Crippen LogP contribution is -3.00. The van der Waals surface area contributed by atoms with E-state index in [4.69, 9.17) is 0 Å². The van der Waals surface area contributed by atoms with Gasteiger partial charge in [-0.05, 0) is 13.8 Å². The van der Waals surface area contributed by atoms with Crippen molar-refractivity contribution in [2.24, 2.45) is 0 Å². The lowest BCUT2D eigenvalue weighted by Gasteiger charge is -1.97. The quantitative estimate of drug-likeness (QED) is 0.615. The van der Waals surface area contributed by atoms with E-state index in [1.54, 1.807) is 11.3 Å². The van der Waals surface area contributed by atoms with Gasteiger partial charge in [-0.25, -0.2) is 0 Å². The Balaban J connectivity index is 0.00000112. The molecular formula is C12H14ClNS. The third kappa shape index (κ3) is 2.21. The van der Waals surface area contributed by atoms with E-state index < -0.39 is 0 Å². The topological polar surface area (TPSA) is 3.88 Å². The average Bonchev–Trinajstić information content (AvgIpc) is 2.49. The van der Waals surface area contributed by atoms with Crippen LogP contribution >= 0.6 is 11.3 Å². The monoisotopic (exact) mass is 239 g/mol. The summed E-state index contributed by atoms with van der Waals surface area (Å²) in [5, 5.41) is 0. The Morgan fingerprint density at radius 3 is 2.27 bits per heavy atom. The molecule has 0 fully saturated rings. The van der Waals surface area contributed by atoms with E-state index in [1.807, 2.05) is 0 Å². The van der Waals surface area contributed by atoms with Crippen LogP contribution in [0.4, 0.5) is 0 Å². The van der Waals surface area contributed by atoms with Gasteiger partial charge in [0.1, 0.15) is 0 Å². The van der Waals surface area contributed by atoms with Crippen LogP contribution in [0.2, 0.25) is 0 Å². The number of nitrogens with zero attached hydrogens (tertiary/aromatic N) is 1. The van der Waals surface area contributed by atoms with Gasteiger partial charge >= 0.3 is 0 Å². The average molecular weight is 240 g/mol. The van der Waals surface area contributed by atoms with Crippen molar-refractivity contribution in [2.45, 2.75) is 20.8 Å². The van der Waals surface area contributed by atoms with Crippen molar-refractivity contribution >= 4 is 11.3 Å². The molecule has 2 rings (SSSR count). The van der Waals surface area contributed by atoms with E-state index in [0.717, 1.165) is 0 Å². The van der Waals surface area contributed by atoms with Crippen LogP contribution in [0.5, 0.6) is 0 Å². The molecule has 1 aromatic carbocycles. The zero-order valence-electron chi connectivity index (χ0n) is 9.12. The van der Waals surface area contributed by atoms with Crippen LogP contribution in [0.1, 0.15) is 16.1 Å². The summed E-state index contributed by atoms with van der Waals surface area (Å²) in [5.74, 6) is 0. The molecule has 0 aliphatic heterocycles. The Kier molecular flexibility index (Phi) is 3.89. The summed E-state index contributed by atoms with van der Waals surface area (Å²) in [5.41, 5.74) is 6.12. The van der Waals surface area contributed by atoms with Gasteiger partial charge in [-0.1, -0.05) is 29.5 Å². The first-order valence-electron chi connectivity index (χ1n) is 4.72. The fourth-order valence-corrected chi connectivity index (χ4v) is 2.34. The zero-order valence-corrected chi connectivity index (χ0v) is 10.7. The number of hydrogen-bond donors (Lipinski definition) is 0. The molecule has 0 unspecified atom stereocenters. The Labute approximate surface area is 101 Å². The SMILES string of the molecule is Cc1ccccc1-[n+]1csc(C)c1C.[Cl-]. The molecule has 2 aromatic rings. The van der Waals surface area contributed by atoms with Gasteiger partial charge in [-0.2, -0.15) is 4.57 Å². The Hall–Kier alpha value is -0.860. The first-order valence-corrected chi connectivity index (χ1v) is 5.60. The maximum atomic E-state index is 2.26. The van der Waals surface area contributed by atoms with E-state index in [1.165, 1.54) is 21.8 Å². The summed E-state index contributed by atoms with van der Waals surface area (Å²) < 4.78 is 2.26. The molecule has 0 aliphatic carbocycles. The van der Waals surface area contributed by atoms with Crippen molar-refractivity contribution in [3.63, 3.8) is 0 Å². The van der Waals surface area contributed by atoms with Crippen molar-refractivity contribution < 1.29 is 17.0 Å². The van der Waals surface area contributed by atoms with Gasteiger partial charge in [-0.15, -0.1) is 0 Å². The number of halogens is 1. The Morgan fingerprint density at radius 2 is 1.73 bits per heavy atom. The summed E-state index contributed by atoms with van der Waals surface area (Å²) in [6.07, 6.45) is 0. The minimum atomic E-state index is 0. The minimum absolute atomic E-state index is 0. The molecule has 0 radical (unpaired) electrons. The second kappa shape index (κ2) is 4.77. The highest BCUT2D eigenvalue weighted by atomic mass is 35.5. The van der Waals surface area contributed by atoms with Gasteiger partial charge in [0.05, 0.1) is 4.88 Å². The Morgan fingerprint density at radius 1 is 1.07 bits per heavy atom. The summed E-state index contributed by atoms with van der Waals surface area (Å²) in [4.78, 5) is 1.38. The molecule has 0 saturated carbocycles. The van der Waals surface area contributed by atoms with Crippen LogP contribution in [0.3, 0.4) is 0 Å². The number of thiazole rings is 1. The third-order valence-electron chi connectivity index (χ3n) is 2.58. The molecule has 80 valence electrons. The highest BCUT2D eigenvalue weighted by Gasteiger charge is 2.15. The van der Waals surface area contributed by atoms with E-state index in [-0.39, 0.29) is 12.4 Å². The Bertz CT molecular complexity index is 462. The predicted octanol–water partition coefficient (Wildman–Crippen LogP) is -0.0459. The van der Waals surface area contributed by atoms with Crippen molar-refractivity contribution in [1.29, 1.82) is 0 Å². The number of rotatable bonds is 1.